The first-order chi connectivity index (χ1) is 17.2. The van der Waals surface area contributed by atoms with Crippen molar-refractivity contribution in [1.82, 2.24) is 15.3 Å². The Bertz CT molecular complexity index is 1270. The van der Waals surface area contributed by atoms with Crippen LogP contribution < -0.4 is 10.1 Å². The molecule has 1 saturated carbocycles. The Morgan fingerprint density at radius 2 is 1.94 bits per heavy atom. The minimum absolute atomic E-state index is 0.330. The monoisotopic (exact) mass is 467 g/mol. The molecule has 3 aromatic rings. The maximum absolute atomic E-state index is 5.63. The van der Waals surface area contributed by atoms with Crippen LogP contribution in [0.4, 0.5) is 0 Å². The van der Waals surface area contributed by atoms with E-state index in [1.54, 1.807) is 7.11 Å². The number of benzene rings is 1. The Labute approximate surface area is 207 Å². The Kier molecular flexibility index (Phi) is 8.05. The van der Waals surface area contributed by atoms with Crippen molar-refractivity contribution in [2.24, 2.45) is 0 Å². The van der Waals surface area contributed by atoms with Crippen LogP contribution in [0, 0.1) is 0 Å². The van der Waals surface area contributed by atoms with Gasteiger partial charge in [-0.3, -0.25) is 4.98 Å². The van der Waals surface area contributed by atoms with Crippen molar-refractivity contribution in [3.05, 3.63) is 90.2 Å². The fraction of sp³-hybridized carbons (Fsp3) is 0.333. The molecular weight excluding hydrogens is 434 g/mol. The maximum Gasteiger partial charge on any atom is 0.170 e. The predicted octanol–water partition coefficient (Wildman–Crippen LogP) is 6.63. The number of fused-ring (bicyclic) bond motifs is 1. The smallest absolute Gasteiger partial charge is 0.170 e. The summed E-state index contributed by atoms with van der Waals surface area (Å²) >= 11 is 0. The van der Waals surface area contributed by atoms with E-state index in [1.807, 2.05) is 43.5 Å². The summed E-state index contributed by atoms with van der Waals surface area (Å²) in [4.78, 5) is 9.59. The molecule has 1 aliphatic carbocycles. The number of nitrogens with zero attached hydrogens (tertiary/aromatic N) is 2. The van der Waals surface area contributed by atoms with E-state index in [1.165, 1.54) is 0 Å². The second-order valence-electron chi connectivity index (χ2n) is 8.74. The number of pyridine rings is 2. The van der Waals surface area contributed by atoms with Gasteiger partial charge in [0, 0.05) is 40.9 Å². The number of ether oxygens (including phenoxy) is 2. The van der Waals surface area contributed by atoms with E-state index in [-0.39, 0.29) is 0 Å². The molecule has 35 heavy (non-hydrogen) atoms. The van der Waals surface area contributed by atoms with Gasteiger partial charge in [-0.2, -0.15) is 0 Å². The Hall–Kier alpha value is -3.78. The number of aromatic nitrogens is 2. The molecule has 2 unspecified atom stereocenters. The lowest BCUT2D eigenvalue weighted by atomic mass is 9.95. The molecule has 180 valence electrons. The predicted molar refractivity (Wildman–Crippen MR) is 142 cm³/mol. The van der Waals surface area contributed by atoms with Gasteiger partial charge in [0.2, 0.25) is 0 Å². The fourth-order valence-corrected chi connectivity index (χ4v) is 4.76. The Balaban J connectivity index is 1.44. The van der Waals surface area contributed by atoms with Crippen LogP contribution in [-0.4, -0.2) is 29.7 Å². The fourth-order valence-electron chi connectivity index (χ4n) is 4.76. The molecule has 1 aromatic carbocycles. The van der Waals surface area contributed by atoms with Crippen molar-refractivity contribution in [2.75, 3.05) is 13.7 Å². The highest BCUT2D eigenvalue weighted by Gasteiger charge is 2.22. The molecule has 0 saturated heterocycles. The molecule has 0 aliphatic heterocycles. The summed E-state index contributed by atoms with van der Waals surface area (Å²) in [5.41, 5.74) is 10.5. The molecule has 1 aliphatic rings. The van der Waals surface area contributed by atoms with Crippen LogP contribution >= 0.6 is 0 Å². The van der Waals surface area contributed by atoms with E-state index in [0.29, 0.717) is 24.3 Å². The third-order valence-electron chi connectivity index (χ3n) is 6.56. The third kappa shape index (κ3) is 5.66. The highest BCUT2D eigenvalue weighted by atomic mass is 16.5. The zero-order valence-electron chi connectivity index (χ0n) is 20.6. The van der Waals surface area contributed by atoms with Gasteiger partial charge in [0.25, 0.3) is 0 Å². The van der Waals surface area contributed by atoms with E-state index in [9.17, 15) is 0 Å². The summed E-state index contributed by atoms with van der Waals surface area (Å²) in [6.07, 6.45) is 7.31. The summed E-state index contributed by atoms with van der Waals surface area (Å²) in [6, 6.07) is 14.5. The van der Waals surface area contributed by atoms with E-state index < -0.39 is 0 Å². The summed E-state index contributed by atoms with van der Waals surface area (Å²) < 4.78 is 11.2. The first kappa shape index (κ1) is 24.3. The third-order valence-corrected chi connectivity index (χ3v) is 6.56. The van der Waals surface area contributed by atoms with Gasteiger partial charge in [-0.15, -0.1) is 5.73 Å². The summed E-state index contributed by atoms with van der Waals surface area (Å²) in [6.45, 7) is 10.2. The Morgan fingerprint density at radius 1 is 1.09 bits per heavy atom. The normalized spacial score (nSPS) is 17.5. The quantitative estimate of drug-likeness (QED) is 0.229. The van der Waals surface area contributed by atoms with Gasteiger partial charge < -0.3 is 14.8 Å². The molecule has 0 radical (unpaired) electrons. The van der Waals surface area contributed by atoms with Crippen LogP contribution in [0.2, 0.25) is 0 Å². The van der Waals surface area contributed by atoms with Gasteiger partial charge >= 0.3 is 0 Å². The first-order valence-electron chi connectivity index (χ1n) is 12.3. The lowest BCUT2D eigenvalue weighted by Crippen LogP contribution is -2.27. The highest BCUT2D eigenvalue weighted by Crippen LogP contribution is 2.33. The highest BCUT2D eigenvalue weighted by molar-refractivity contribution is 5.87. The van der Waals surface area contributed by atoms with Gasteiger partial charge in [0.05, 0.1) is 24.9 Å². The van der Waals surface area contributed by atoms with Crippen molar-refractivity contribution < 1.29 is 9.47 Å². The van der Waals surface area contributed by atoms with Gasteiger partial charge in [-0.05, 0) is 56.9 Å². The van der Waals surface area contributed by atoms with E-state index >= 15 is 0 Å². The van der Waals surface area contributed by atoms with E-state index in [2.05, 4.69) is 42.1 Å². The van der Waals surface area contributed by atoms with Crippen molar-refractivity contribution in [3.63, 3.8) is 0 Å². The van der Waals surface area contributed by atoms with Crippen LogP contribution in [0.5, 0.6) is 5.75 Å². The van der Waals surface area contributed by atoms with Gasteiger partial charge in [-0.25, -0.2) is 4.98 Å². The molecule has 0 spiro atoms. The number of hydrogen-bond donors (Lipinski definition) is 1. The number of para-hydroxylation sites is 1. The molecule has 2 heterocycles. The average Bonchev–Trinajstić information content (AvgIpc) is 3.15. The van der Waals surface area contributed by atoms with Crippen molar-refractivity contribution >= 4 is 22.4 Å². The van der Waals surface area contributed by atoms with E-state index in [4.69, 9.17) is 19.4 Å². The molecular formula is C30H33N3O2. The van der Waals surface area contributed by atoms with E-state index in [0.717, 1.165) is 71.4 Å². The minimum Gasteiger partial charge on any atom is -0.496 e. The minimum atomic E-state index is 0.330. The molecule has 2 aromatic heterocycles. The van der Waals surface area contributed by atoms with Crippen LogP contribution in [0.15, 0.2) is 73.3 Å². The number of rotatable bonds is 8. The van der Waals surface area contributed by atoms with Gasteiger partial charge in [0.15, 0.2) is 5.76 Å². The molecule has 1 fully saturated rings. The summed E-state index contributed by atoms with van der Waals surface area (Å²) in [5.74, 6) is 1.89. The standard InChI is InChI=1S/C30H33N3O2/c1-5-25(28-19-30(34-4)24-13-8-9-14-27(24)33-28)32-23-12-10-11-21(15-17-23)26-18-16-22(20-31-26)29(6-2)35-7-3/h8-9,13-14,16,18-21,23,32H,1-2,7,10-12,15,17H2,3-4H3. The molecule has 5 nitrogen and oxygen atoms in total. The largest absolute Gasteiger partial charge is 0.496 e. The van der Waals surface area contributed by atoms with Crippen molar-refractivity contribution in [2.45, 2.75) is 51.0 Å². The second kappa shape index (κ2) is 11.6. The SMILES string of the molecule is C=C=C(OCC)c1ccc(C2CCCC(NC(=C=C)c3cc(OC)c4ccccc4n3)CC2)nc1. The Morgan fingerprint density at radius 3 is 2.66 bits per heavy atom. The summed E-state index contributed by atoms with van der Waals surface area (Å²) in [7, 11) is 1.69. The zero-order valence-corrected chi connectivity index (χ0v) is 20.6. The lowest BCUT2D eigenvalue weighted by molar-refractivity contribution is 0.298. The van der Waals surface area contributed by atoms with Crippen molar-refractivity contribution in [1.29, 1.82) is 0 Å². The van der Waals surface area contributed by atoms with Crippen LogP contribution in [0.3, 0.4) is 0 Å². The lowest BCUT2D eigenvalue weighted by Gasteiger charge is -2.20. The zero-order chi connectivity index (χ0) is 24.6. The molecule has 0 amide bonds. The molecule has 5 heteroatoms. The first-order valence-corrected chi connectivity index (χ1v) is 12.3. The topological polar surface area (TPSA) is 56.3 Å². The van der Waals surface area contributed by atoms with Crippen LogP contribution in [0.25, 0.3) is 22.4 Å². The number of methoxy groups -OCH3 is 1. The van der Waals surface area contributed by atoms with Crippen LogP contribution in [0.1, 0.15) is 61.9 Å². The average molecular weight is 468 g/mol. The molecule has 0 bridgehead atoms. The summed E-state index contributed by atoms with van der Waals surface area (Å²) in [5, 5.41) is 4.66. The van der Waals surface area contributed by atoms with Gasteiger partial charge in [-0.1, -0.05) is 37.4 Å². The van der Waals surface area contributed by atoms with Crippen LogP contribution in [-0.2, 0) is 4.74 Å². The number of hydrogen-bond acceptors (Lipinski definition) is 5. The maximum atomic E-state index is 5.63. The molecule has 1 N–H and O–H groups in total. The number of nitrogens with one attached hydrogen (secondary N) is 1. The van der Waals surface area contributed by atoms with Gasteiger partial charge in [0.1, 0.15) is 11.4 Å². The molecule has 4 rings (SSSR count). The second-order valence-corrected chi connectivity index (χ2v) is 8.74. The van der Waals surface area contributed by atoms with Crippen molar-refractivity contribution in [3.8, 4) is 5.75 Å². The molecule has 2 atom stereocenters.